The van der Waals surface area contributed by atoms with E-state index in [0.29, 0.717) is 40.1 Å². The van der Waals surface area contributed by atoms with E-state index >= 15 is 0 Å². The molecule has 1 unspecified atom stereocenters. The number of rotatable bonds is 6. The molecule has 0 bridgehead atoms. The molecular weight excluding hydrogens is 507 g/mol. The molecule has 0 fully saturated rings. The van der Waals surface area contributed by atoms with Gasteiger partial charge in [0.05, 0.1) is 23.1 Å². The highest BCUT2D eigenvalue weighted by atomic mass is 19.4. The van der Waals surface area contributed by atoms with Crippen LogP contribution in [0.1, 0.15) is 63.9 Å². The Morgan fingerprint density at radius 2 is 1.82 bits per heavy atom. The molecule has 1 aromatic carbocycles. The van der Waals surface area contributed by atoms with Crippen LogP contribution in [0.4, 0.5) is 13.2 Å². The molecule has 7 nitrogen and oxygen atoms in total. The second kappa shape index (κ2) is 10.6. The minimum atomic E-state index is -4.53. The molecule has 0 saturated carbocycles. The smallest absolute Gasteiger partial charge is 0.385 e. The maximum absolute atomic E-state index is 13.3. The summed E-state index contributed by atoms with van der Waals surface area (Å²) in [6.07, 6.45) is 0.149. The van der Waals surface area contributed by atoms with E-state index in [2.05, 4.69) is 25.4 Å². The van der Waals surface area contributed by atoms with Gasteiger partial charge in [0, 0.05) is 41.7 Å². The van der Waals surface area contributed by atoms with E-state index in [1.165, 1.54) is 6.07 Å². The zero-order chi connectivity index (χ0) is 27.6. The Bertz CT molecular complexity index is 1510. The summed E-state index contributed by atoms with van der Waals surface area (Å²) in [6, 6.07) is 16.3. The van der Waals surface area contributed by atoms with Crippen LogP contribution in [-0.2, 0) is 11.0 Å². The molecule has 1 aliphatic rings. The molecule has 1 amide bonds. The van der Waals surface area contributed by atoms with Gasteiger partial charge in [0.2, 0.25) is 0 Å². The van der Waals surface area contributed by atoms with Crippen molar-refractivity contribution in [1.82, 2.24) is 20.3 Å². The molecule has 0 spiro atoms. The van der Waals surface area contributed by atoms with E-state index in [1.54, 1.807) is 31.5 Å². The van der Waals surface area contributed by atoms with Crippen molar-refractivity contribution in [3.05, 3.63) is 113 Å². The number of amides is 1. The van der Waals surface area contributed by atoms with Crippen molar-refractivity contribution in [2.45, 2.75) is 38.6 Å². The number of halogens is 3. The van der Waals surface area contributed by atoms with Crippen molar-refractivity contribution in [3.8, 4) is 11.3 Å². The predicted octanol–water partition coefficient (Wildman–Crippen LogP) is 6.22. The van der Waals surface area contributed by atoms with Gasteiger partial charge in [-0.05, 0) is 67.4 Å². The lowest BCUT2D eigenvalue weighted by Gasteiger charge is -2.16. The van der Waals surface area contributed by atoms with Crippen molar-refractivity contribution in [2.24, 2.45) is 5.16 Å². The van der Waals surface area contributed by atoms with Crippen LogP contribution >= 0.6 is 0 Å². The summed E-state index contributed by atoms with van der Waals surface area (Å²) in [6.45, 7) is 3.62. The molecule has 0 aliphatic carbocycles. The largest absolute Gasteiger partial charge is 0.433 e. The van der Waals surface area contributed by atoms with Gasteiger partial charge >= 0.3 is 6.18 Å². The number of hydrogen-bond donors (Lipinski definition) is 1. The van der Waals surface area contributed by atoms with Crippen molar-refractivity contribution in [2.75, 3.05) is 0 Å². The van der Waals surface area contributed by atoms with Crippen LogP contribution < -0.4 is 5.32 Å². The molecular formula is C29H24F3N5O2. The second-order valence-corrected chi connectivity index (χ2v) is 9.28. The van der Waals surface area contributed by atoms with Gasteiger partial charge in [-0.2, -0.15) is 13.2 Å². The van der Waals surface area contributed by atoms with Gasteiger partial charge in [-0.15, -0.1) is 0 Å². The summed E-state index contributed by atoms with van der Waals surface area (Å²) in [5, 5.41) is 7.12. The van der Waals surface area contributed by atoms with Gasteiger partial charge in [-0.1, -0.05) is 23.4 Å². The third-order valence-electron chi connectivity index (χ3n) is 6.35. The zero-order valence-corrected chi connectivity index (χ0v) is 21.1. The van der Waals surface area contributed by atoms with E-state index in [4.69, 9.17) is 4.84 Å². The fourth-order valence-corrected chi connectivity index (χ4v) is 4.18. The molecule has 5 rings (SSSR count). The number of pyridine rings is 3. The van der Waals surface area contributed by atoms with Crippen LogP contribution in [0.5, 0.6) is 0 Å². The van der Waals surface area contributed by atoms with Crippen LogP contribution in [0, 0.1) is 6.92 Å². The SMILES string of the molecule is Cc1ccc(-c2cc(C(=O)N[C@@H](C)c3ccc(C(F)(F)F)nc3)cc(C3=NOC(c4ccccn4)C3)c2)nc1. The Labute approximate surface area is 222 Å². The molecule has 0 saturated heterocycles. The molecule has 198 valence electrons. The average molecular weight is 532 g/mol. The number of nitrogens with one attached hydrogen (secondary N) is 1. The molecule has 3 aromatic heterocycles. The monoisotopic (exact) mass is 531 g/mol. The van der Waals surface area contributed by atoms with Crippen LogP contribution in [0.15, 0.2) is 84.4 Å². The molecule has 1 N–H and O–H groups in total. The number of hydrogen-bond acceptors (Lipinski definition) is 6. The number of oxime groups is 1. The first-order valence-corrected chi connectivity index (χ1v) is 12.2. The van der Waals surface area contributed by atoms with Gasteiger partial charge < -0.3 is 10.2 Å². The number of carbonyl (C=O) groups is 1. The number of alkyl halides is 3. The van der Waals surface area contributed by atoms with Crippen LogP contribution in [0.3, 0.4) is 0 Å². The normalized spacial score (nSPS) is 15.8. The quantitative estimate of drug-likeness (QED) is 0.319. The van der Waals surface area contributed by atoms with Gasteiger partial charge in [-0.3, -0.25) is 19.7 Å². The Morgan fingerprint density at radius 1 is 1.00 bits per heavy atom. The molecule has 10 heteroatoms. The standard InChI is InChI=1S/C29H24F3N5O2/c1-17-6-8-23(34-15-17)20-11-21(25-14-26(39-37-25)24-5-3-4-10-33-24)13-22(12-20)28(38)36-18(2)19-7-9-27(35-16-19)29(30,31)32/h3-13,15-16,18,26H,14H2,1-2H3,(H,36,38)/t18-,26?/m0/s1. The van der Waals surface area contributed by atoms with E-state index in [0.717, 1.165) is 23.5 Å². The van der Waals surface area contributed by atoms with Gasteiger partial charge in [0.25, 0.3) is 5.91 Å². The fourth-order valence-electron chi connectivity index (χ4n) is 4.18. The molecule has 1 aliphatic heterocycles. The van der Waals surface area contributed by atoms with E-state index in [-0.39, 0.29) is 6.10 Å². The topological polar surface area (TPSA) is 89.4 Å². The lowest BCUT2D eigenvalue weighted by Crippen LogP contribution is -2.27. The first-order valence-electron chi connectivity index (χ1n) is 12.2. The molecule has 39 heavy (non-hydrogen) atoms. The van der Waals surface area contributed by atoms with Gasteiger partial charge in [-0.25, -0.2) is 0 Å². The summed E-state index contributed by atoms with van der Waals surface area (Å²) in [5.41, 5.74) is 4.30. The summed E-state index contributed by atoms with van der Waals surface area (Å²) in [5.74, 6) is -0.404. The first-order chi connectivity index (χ1) is 18.7. The fraction of sp³-hybridized carbons (Fsp3) is 0.207. The number of benzene rings is 1. The predicted molar refractivity (Wildman–Crippen MR) is 139 cm³/mol. The number of aromatic nitrogens is 3. The zero-order valence-electron chi connectivity index (χ0n) is 21.1. The Kier molecular flexibility index (Phi) is 7.10. The Hall–Kier alpha value is -4.60. The average Bonchev–Trinajstić information content (AvgIpc) is 3.44. The number of carbonyl (C=O) groups excluding carboxylic acids is 1. The maximum atomic E-state index is 13.3. The summed E-state index contributed by atoms with van der Waals surface area (Å²) >= 11 is 0. The van der Waals surface area contributed by atoms with E-state index < -0.39 is 23.8 Å². The van der Waals surface area contributed by atoms with Crippen LogP contribution in [0.25, 0.3) is 11.3 Å². The summed E-state index contributed by atoms with van der Waals surface area (Å²) in [7, 11) is 0. The lowest BCUT2D eigenvalue weighted by atomic mass is 9.96. The highest BCUT2D eigenvalue weighted by molar-refractivity contribution is 6.05. The van der Waals surface area contributed by atoms with Crippen molar-refractivity contribution < 1.29 is 22.8 Å². The van der Waals surface area contributed by atoms with Gasteiger partial charge in [0.1, 0.15) is 5.69 Å². The van der Waals surface area contributed by atoms with Crippen molar-refractivity contribution >= 4 is 11.6 Å². The van der Waals surface area contributed by atoms with E-state index in [9.17, 15) is 18.0 Å². The van der Waals surface area contributed by atoms with Crippen LogP contribution in [0.2, 0.25) is 0 Å². The first kappa shape index (κ1) is 26.0. The molecule has 0 radical (unpaired) electrons. The van der Waals surface area contributed by atoms with Crippen molar-refractivity contribution in [1.29, 1.82) is 0 Å². The third-order valence-corrected chi connectivity index (χ3v) is 6.35. The maximum Gasteiger partial charge on any atom is 0.433 e. The highest BCUT2D eigenvalue weighted by Gasteiger charge is 2.32. The third kappa shape index (κ3) is 5.95. The Morgan fingerprint density at radius 3 is 2.49 bits per heavy atom. The molecule has 4 heterocycles. The van der Waals surface area contributed by atoms with Crippen LogP contribution in [-0.4, -0.2) is 26.6 Å². The molecule has 2 atom stereocenters. The van der Waals surface area contributed by atoms with Gasteiger partial charge in [0.15, 0.2) is 6.10 Å². The number of aryl methyl sites for hydroxylation is 1. The lowest BCUT2D eigenvalue weighted by molar-refractivity contribution is -0.141. The van der Waals surface area contributed by atoms with Crippen molar-refractivity contribution in [3.63, 3.8) is 0 Å². The second-order valence-electron chi connectivity index (χ2n) is 9.28. The minimum absolute atomic E-state index is 0.341. The Balaban J connectivity index is 1.42. The van der Waals surface area contributed by atoms with E-state index in [1.807, 2.05) is 43.3 Å². The number of nitrogens with zero attached hydrogens (tertiary/aromatic N) is 4. The summed E-state index contributed by atoms with van der Waals surface area (Å²) < 4.78 is 38.6. The highest BCUT2D eigenvalue weighted by Crippen LogP contribution is 2.31. The minimum Gasteiger partial charge on any atom is -0.385 e. The summed E-state index contributed by atoms with van der Waals surface area (Å²) in [4.78, 5) is 31.3. The molecule has 4 aromatic rings.